The van der Waals surface area contributed by atoms with E-state index in [4.69, 9.17) is 0 Å². The van der Waals surface area contributed by atoms with Gasteiger partial charge in [0.25, 0.3) is 11.4 Å². The van der Waals surface area contributed by atoms with Gasteiger partial charge in [0, 0.05) is 37.2 Å². The summed E-state index contributed by atoms with van der Waals surface area (Å²) in [5.41, 5.74) is 1.94. The molecule has 0 spiro atoms. The summed E-state index contributed by atoms with van der Waals surface area (Å²) in [6.07, 6.45) is -3.76. The lowest BCUT2D eigenvalue weighted by Gasteiger charge is -2.40. The SMILES string of the molecule is O=c1cc2c(nn1CC1CN(c3ccc4nnc(C(F)(F)F)n4n3)C1)CCSC2. The van der Waals surface area contributed by atoms with Crippen molar-refractivity contribution in [2.24, 2.45) is 5.92 Å². The molecular formula is C17H16F3N7OS. The van der Waals surface area contributed by atoms with E-state index in [1.54, 1.807) is 23.9 Å². The molecule has 0 N–H and O–H groups in total. The quantitative estimate of drug-likeness (QED) is 0.633. The van der Waals surface area contributed by atoms with Crippen molar-refractivity contribution in [3.63, 3.8) is 0 Å². The molecule has 0 saturated carbocycles. The first kappa shape index (κ1) is 18.4. The molecule has 12 heteroatoms. The van der Waals surface area contributed by atoms with Crippen LogP contribution in [0.1, 0.15) is 17.1 Å². The fourth-order valence-corrected chi connectivity index (χ4v) is 4.58. The predicted molar refractivity (Wildman–Crippen MR) is 99.9 cm³/mol. The summed E-state index contributed by atoms with van der Waals surface area (Å²) in [5, 5.41) is 15.3. The van der Waals surface area contributed by atoms with Crippen molar-refractivity contribution in [2.45, 2.75) is 24.9 Å². The molecule has 3 aromatic heterocycles. The Morgan fingerprint density at radius 3 is 2.79 bits per heavy atom. The molecule has 5 rings (SSSR count). The number of halogens is 3. The topological polar surface area (TPSA) is 81.2 Å². The molecule has 0 atom stereocenters. The van der Waals surface area contributed by atoms with Crippen LogP contribution in [0.4, 0.5) is 19.0 Å². The van der Waals surface area contributed by atoms with Crippen LogP contribution in [0.2, 0.25) is 0 Å². The monoisotopic (exact) mass is 423 g/mol. The van der Waals surface area contributed by atoms with Gasteiger partial charge in [-0.05, 0) is 23.4 Å². The Bertz CT molecular complexity index is 1140. The van der Waals surface area contributed by atoms with Gasteiger partial charge >= 0.3 is 6.18 Å². The first-order valence-corrected chi connectivity index (χ1v) is 10.3. The largest absolute Gasteiger partial charge is 0.453 e. The standard InChI is InChI=1S/C17H16F3N7OS/c18-17(19,20)16-22-21-13-1-2-14(24-27(13)16)25-6-10(7-25)8-26-15(28)5-11-9-29-4-3-12(11)23-26/h1-2,5,10H,3-4,6-9H2. The van der Waals surface area contributed by atoms with Crippen LogP contribution in [0, 0.1) is 5.92 Å². The summed E-state index contributed by atoms with van der Waals surface area (Å²) >= 11 is 1.80. The molecule has 29 heavy (non-hydrogen) atoms. The normalized spacial score (nSPS) is 17.4. The van der Waals surface area contributed by atoms with Crippen molar-refractivity contribution in [1.82, 2.24) is 29.6 Å². The molecule has 1 saturated heterocycles. The summed E-state index contributed by atoms with van der Waals surface area (Å²) in [5.74, 6) is 1.28. The smallest absolute Gasteiger partial charge is 0.354 e. The molecular weight excluding hydrogens is 407 g/mol. The molecule has 0 radical (unpaired) electrons. The van der Waals surface area contributed by atoms with Crippen molar-refractivity contribution in [3.05, 3.63) is 45.6 Å². The Balaban J connectivity index is 1.31. The summed E-state index contributed by atoms with van der Waals surface area (Å²) in [4.78, 5) is 14.2. The van der Waals surface area contributed by atoms with E-state index in [2.05, 4.69) is 20.4 Å². The van der Waals surface area contributed by atoms with Gasteiger partial charge in [-0.15, -0.1) is 15.3 Å². The number of rotatable bonds is 3. The highest BCUT2D eigenvalue weighted by molar-refractivity contribution is 7.98. The summed E-state index contributed by atoms with van der Waals surface area (Å²) < 4.78 is 41.3. The number of thioether (sulfide) groups is 1. The van der Waals surface area contributed by atoms with Crippen LogP contribution in [-0.2, 0) is 24.9 Å². The van der Waals surface area contributed by atoms with Crippen LogP contribution in [0.5, 0.6) is 0 Å². The maximum atomic E-state index is 13.0. The number of nitrogens with zero attached hydrogens (tertiary/aromatic N) is 7. The van der Waals surface area contributed by atoms with Crippen molar-refractivity contribution < 1.29 is 13.2 Å². The predicted octanol–water partition coefficient (Wildman–Crippen LogP) is 1.63. The van der Waals surface area contributed by atoms with Crippen LogP contribution in [0.25, 0.3) is 5.65 Å². The van der Waals surface area contributed by atoms with Crippen LogP contribution in [0.15, 0.2) is 23.0 Å². The zero-order valence-corrected chi connectivity index (χ0v) is 15.9. The third kappa shape index (κ3) is 3.34. The lowest BCUT2D eigenvalue weighted by molar-refractivity contribution is -0.146. The molecule has 1 fully saturated rings. The maximum absolute atomic E-state index is 13.0. The van der Waals surface area contributed by atoms with E-state index in [0.29, 0.717) is 25.5 Å². The Hall–Kier alpha value is -2.63. The number of aryl methyl sites for hydroxylation is 1. The van der Waals surface area contributed by atoms with Gasteiger partial charge in [-0.2, -0.15) is 34.5 Å². The summed E-state index contributed by atoms with van der Waals surface area (Å²) in [6.45, 7) is 1.66. The highest BCUT2D eigenvalue weighted by atomic mass is 32.2. The van der Waals surface area contributed by atoms with Gasteiger partial charge in [0.1, 0.15) is 5.82 Å². The molecule has 0 aliphatic carbocycles. The van der Waals surface area contributed by atoms with E-state index >= 15 is 0 Å². The van der Waals surface area contributed by atoms with Crippen LogP contribution in [-0.4, -0.2) is 48.4 Å². The third-order valence-electron chi connectivity index (χ3n) is 5.12. The average Bonchev–Trinajstić information content (AvgIpc) is 3.08. The minimum atomic E-state index is -4.62. The third-order valence-corrected chi connectivity index (χ3v) is 6.13. The average molecular weight is 423 g/mol. The van der Waals surface area contributed by atoms with Gasteiger partial charge in [0.15, 0.2) is 5.65 Å². The lowest BCUT2D eigenvalue weighted by atomic mass is 10.0. The fourth-order valence-electron chi connectivity index (χ4n) is 3.62. The summed E-state index contributed by atoms with van der Waals surface area (Å²) in [6, 6.07) is 4.76. The fraction of sp³-hybridized carbons (Fsp3) is 0.471. The number of fused-ring (bicyclic) bond motifs is 2. The number of aromatic nitrogens is 6. The highest BCUT2D eigenvalue weighted by Gasteiger charge is 2.38. The number of anilines is 1. The lowest BCUT2D eigenvalue weighted by Crippen LogP contribution is -2.50. The van der Waals surface area contributed by atoms with Crippen molar-refractivity contribution in [2.75, 3.05) is 23.7 Å². The maximum Gasteiger partial charge on any atom is 0.453 e. The Morgan fingerprint density at radius 2 is 2.00 bits per heavy atom. The van der Waals surface area contributed by atoms with E-state index in [1.165, 1.54) is 10.7 Å². The van der Waals surface area contributed by atoms with Crippen molar-refractivity contribution >= 4 is 23.2 Å². The molecule has 0 unspecified atom stereocenters. The van der Waals surface area contributed by atoms with E-state index in [9.17, 15) is 18.0 Å². The number of hydrogen-bond acceptors (Lipinski definition) is 7. The van der Waals surface area contributed by atoms with Gasteiger partial charge in [-0.1, -0.05) is 0 Å². The van der Waals surface area contributed by atoms with Crippen LogP contribution >= 0.6 is 11.8 Å². The second-order valence-electron chi connectivity index (χ2n) is 7.19. The second-order valence-corrected chi connectivity index (χ2v) is 8.30. The molecule has 5 heterocycles. The molecule has 0 aromatic carbocycles. The van der Waals surface area contributed by atoms with E-state index in [1.807, 2.05) is 4.90 Å². The van der Waals surface area contributed by atoms with Crippen LogP contribution < -0.4 is 10.5 Å². The Labute approximate surface area is 166 Å². The molecule has 0 bridgehead atoms. The number of alkyl halides is 3. The minimum Gasteiger partial charge on any atom is -0.354 e. The molecule has 2 aliphatic heterocycles. The van der Waals surface area contributed by atoms with E-state index in [-0.39, 0.29) is 17.1 Å². The van der Waals surface area contributed by atoms with E-state index < -0.39 is 12.0 Å². The molecule has 0 amide bonds. The molecule has 3 aromatic rings. The first-order chi connectivity index (χ1) is 13.9. The second kappa shape index (κ2) is 6.71. The van der Waals surface area contributed by atoms with E-state index in [0.717, 1.165) is 33.7 Å². The molecule has 8 nitrogen and oxygen atoms in total. The van der Waals surface area contributed by atoms with Gasteiger partial charge in [-0.3, -0.25) is 4.79 Å². The zero-order chi connectivity index (χ0) is 20.2. The van der Waals surface area contributed by atoms with Gasteiger partial charge in [-0.25, -0.2) is 4.68 Å². The minimum absolute atomic E-state index is 0.0427. The molecule has 2 aliphatic rings. The van der Waals surface area contributed by atoms with Gasteiger partial charge in [0.2, 0.25) is 0 Å². The first-order valence-electron chi connectivity index (χ1n) is 9.11. The zero-order valence-electron chi connectivity index (χ0n) is 15.1. The van der Waals surface area contributed by atoms with Crippen LogP contribution in [0.3, 0.4) is 0 Å². The highest BCUT2D eigenvalue weighted by Crippen LogP contribution is 2.29. The Kier molecular flexibility index (Phi) is 4.26. The number of hydrogen-bond donors (Lipinski definition) is 0. The van der Waals surface area contributed by atoms with Crippen molar-refractivity contribution in [1.29, 1.82) is 0 Å². The summed E-state index contributed by atoms with van der Waals surface area (Å²) in [7, 11) is 0. The molecule has 152 valence electrons. The van der Waals surface area contributed by atoms with Gasteiger partial charge < -0.3 is 4.90 Å². The van der Waals surface area contributed by atoms with Gasteiger partial charge in [0.05, 0.1) is 12.2 Å². The Morgan fingerprint density at radius 1 is 1.17 bits per heavy atom. The van der Waals surface area contributed by atoms with Crippen molar-refractivity contribution in [3.8, 4) is 0 Å².